The zero-order chi connectivity index (χ0) is 32.5. The highest BCUT2D eigenvalue weighted by Crippen LogP contribution is 2.44. The normalized spacial score (nSPS) is 13.1. The van der Waals surface area contributed by atoms with E-state index in [0.717, 1.165) is 22.3 Å². The third-order valence-corrected chi connectivity index (χ3v) is 6.74. The van der Waals surface area contributed by atoms with Crippen LogP contribution in [0.5, 0.6) is 0 Å². The molecule has 44 heavy (non-hydrogen) atoms. The van der Waals surface area contributed by atoms with Crippen LogP contribution in [0.25, 0.3) is 11.1 Å². The summed E-state index contributed by atoms with van der Waals surface area (Å²) in [4.78, 5) is 62.5. The minimum atomic E-state index is -1.20. The number of ether oxygens (including phenoxy) is 2. The van der Waals surface area contributed by atoms with Gasteiger partial charge in [-0.25, -0.2) is 4.79 Å². The zero-order valence-corrected chi connectivity index (χ0v) is 25.8. The Morgan fingerprint density at radius 3 is 1.98 bits per heavy atom. The van der Waals surface area contributed by atoms with E-state index < -0.39 is 60.1 Å². The first-order valence-corrected chi connectivity index (χ1v) is 14.5. The fraction of sp³-hybridized carbons (Fsp3) is 0.469. The molecule has 12 heteroatoms. The van der Waals surface area contributed by atoms with Gasteiger partial charge in [0.2, 0.25) is 17.7 Å². The zero-order valence-electron chi connectivity index (χ0n) is 25.8. The first-order chi connectivity index (χ1) is 20.7. The average Bonchev–Trinajstić information content (AvgIpc) is 3.28. The van der Waals surface area contributed by atoms with Crippen LogP contribution in [0.1, 0.15) is 64.5 Å². The number of rotatable bonds is 13. The van der Waals surface area contributed by atoms with E-state index in [4.69, 9.17) is 9.47 Å². The SMILES string of the molecule is CC(C)(CO)NC(=O)CNC(=O)C(CCC(=O)OC(C)(C)C)NC(=O)CNC(=O)OCC1c2ccccc2-c2ccccc21. The minimum Gasteiger partial charge on any atom is -0.460 e. The number of nitrogens with one attached hydrogen (secondary N) is 4. The number of carbonyl (C=O) groups is 5. The molecule has 1 aliphatic rings. The van der Waals surface area contributed by atoms with E-state index in [2.05, 4.69) is 21.3 Å². The third-order valence-electron chi connectivity index (χ3n) is 6.74. The Morgan fingerprint density at radius 2 is 1.41 bits per heavy atom. The van der Waals surface area contributed by atoms with Crippen LogP contribution >= 0.6 is 0 Å². The van der Waals surface area contributed by atoms with E-state index in [1.54, 1.807) is 34.6 Å². The molecule has 0 saturated heterocycles. The second-order valence-electron chi connectivity index (χ2n) is 12.2. The summed E-state index contributed by atoms with van der Waals surface area (Å²) in [5.41, 5.74) is 2.64. The standard InChI is InChI=1S/C32H42N4O8/c1-31(2,3)44-28(40)15-14-25(29(41)33-17-27(39)36-32(4,5)19-37)35-26(38)16-34-30(42)43-18-24-22-12-8-6-10-20(22)21-11-7-9-13-23(21)24/h6-13,24-25,37H,14-19H2,1-5H3,(H,33,41)(H,34,42)(H,35,38)(H,36,39). The molecule has 0 radical (unpaired) electrons. The molecule has 0 heterocycles. The molecule has 0 aliphatic heterocycles. The van der Waals surface area contributed by atoms with Gasteiger partial charge in [-0.05, 0) is 63.3 Å². The summed E-state index contributed by atoms with van der Waals surface area (Å²) < 4.78 is 10.7. The maximum absolute atomic E-state index is 12.9. The Labute approximate surface area is 257 Å². The van der Waals surface area contributed by atoms with Gasteiger partial charge in [-0.3, -0.25) is 19.2 Å². The Kier molecular flexibility index (Phi) is 11.5. The summed E-state index contributed by atoms with van der Waals surface area (Å²) in [7, 11) is 0. The quantitative estimate of drug-likeness (QED) is 0.215. The summed E-state index contributed by atoms with van der Waals surface area (Å²) >= 11 is 0. The van der Waals surface area contributed by atoms with Gasteiger partial charge in [-0.15, -0.1) is 0 Å². The van der Waals surface area contributed by atoms with Crippen LogP contribution in [0.3, 0.4) is 0 Å². The molecule has 2 aromatic carbocycles. The lowest BCUT2D eigenvalue weighted by molar-refractivity contribution is -0.155. The number of alkyl carbamates (subject to hydrolysis) is 1. The van der Waals surface area contributed by atoms with Crippen LogP contribution in [0.2, 0.25) is 0 Å². The van der Waals surface area contributed by atoms with Crippen molar-refractivity contribution < 1.29 is 38.6 Å². The number of esters is 1. The lowest BCUT2D eigenvalue weighted by Gasteiger charge is -2.24. The number of benzene rings is 2. The van der Waals surface area contributed by atoms with Crippen LogP contribution in [0.15, 0.2) is 48.5 Å². The van der Waals surface area contributed by atoms with E-state index >= 15 is 0 Å². The average molecular weight is 611 g/mol. The summed E-state index contributed by atoms with van der Waals surface area (Å²) in [6.07, 6.45) is -1.10. The van der Waals surface area contributed by atoms with Gasteiger partial charge in [0.15, 0.2) is 0 Å². The molecule has 1 aliphatic carbocycles. The molecule has 0 saturated carbocycles. The molecule has 4 amide bonds. The molecule has 1 unspecified atom stereocenters. The topological polar surface area (TPSA) is 172 Å². The number of fused-ring (bicyclic) bond motifs is 3. The van der Waals surface area contributed by atoms with Crippen molar-refractivity contribution in [2.45, 2.75) is 70.6 Å². The van der Waals surface area contributed by atoms with Gasteiger partial charge in [-0.2, -0.15) is 0 Å². The molecule has 1 atom stereocenters. The maximum Gasteiger partial charge on any atom is 0.407 e. The van der Waals surface area contributed by atoms with E-state index in [-0.39, 0.29) is 32.0 Å². The van der Waals surface area contributed by atoms with Crippen molar-refractivity contribution in [3.05, 3.63) is 59.7 Å². The minimum absolute atomic E-state index is 0.0670. The molecule has 3 rings (SSSR count). The van der Waals surface area contributed by atoms with Crippen molar-refractivity contribution in [3.8, 4) is 11.1 Å². The second-order valence-corrected chi connectivity index (χ2v) is 12.2. The molecular formula is C32H42N4O8. The maximum atomic E-state index is 12.9. The highest BCUT2D eigenvalue weighted by atomic mass is 16.6. The van der Waals surface area contributed by atoms with Crippen molar-refractivity contribution >= 4 is 29.8 Å². The second kappa shape index (κ2) is 14.8. The number of hydrogen-bond donors (Lipinski definition) is 5. The van der Waals surface area contributed by atoms with Gasteiger partial charge in [0.05, 0.1) is 18.7 Å². The number of aliphatic hydroxyl groups excluding tert-OH is 1. The van der Waals surface area contributed by atoms with Crippen molar-refractivity contribution in [1.82, 2.24) is 21.3 Å². The Bertz CT molecular complexity index is 1320. The smallest absolute Gasteiger partial charge is 0.407 e. The van der Waals surface area contributed by atoms with Gasteiger partial charge >= 0.3 is 12.1 Å². The first kappa shape index (κ1) is 34.0. The van der Waals surface area contributed by atoms with E-state index in [1.165, 1.54) is 0 Å². The van der Waals surface area contributed by atoms with Crippen molar-refractivity contribution in [2.24, 2.45) is 0 Å². The fourth-order valence-corrected chi connectivity index (χ4v) is 4.72. The van der Waals surface area contributed by atoms with Gasteiger partial charge < -0.3 is 35.8 Å². The highest BCUT2D eigenvalue weighted by molar-refractivity contribution is 5.92. The molecule has 12 nitrogen and oxygen atoms in total. The number of hydrogen-bond acceptors (Lipinski definition) is 8. The van der Waals surface area contributed by atoms with E-state index in [9.17, 15) is 29.1 Å². The van der Waals surface area contributed by atoms with Crippen molar-refractivity contribution in [2.75, 3.05) is 26.3 Å². The molecule has 2 aromatic rings. The third kappa shape index (κ3) is 10.1. The molecule has 238 valence electrons. The summed E-state index contributed by atoms with van der Waals surface area (Å²) in [5.74, 6) is -2.67. The van der Waals surface area contributed by atoms with Crippen LogP contribution < -0.4 is 21.3 Å². The summed E-state index contributed by atoms with van der Waals surface area (Å²) in [6, 6.07) is 14.6. The Hall–Kier alpha value is -4.45. The summed E-state index contributed by atoms with van der Waals surface area (Å²) in [6.45, 7) is 7.20. The summed E-state index contributed by atoms with van der Waals surface area (Å²) in [5, 5.41) is 19.2. The Morgan fingerprint density at radius 1 is 0.841 bits per heavy atom. The monoisotopic (exact) mass is 610 g/mol. The van der Waals surface area contributed by atoms with E-state index in [0.29, 0.717) is 0 Å². The largest absolute Gasteiger partial charge is 0.460 e. The van der Waals surface area contributed by atoms with E-state index in [1.807, 2.05) is 48.5 Å². The molecule has 5 N–H and O–H groups in total. The first-order valence-electron chi connectivity index (χ1n) is 14.5. The lowest BCUT2D eigenvalue weighted by atomic mass is 9.98. The van der Waals surface area contributed by atoms with Gasteiger partial charge in [0.25, 0.3) is 0 Å². The predicted molar refractivity (Wildman–Crippen MR) is 162 cm³/mol. The fourth-order valence-electron chi connectivity index (χ4n) is 4.72. The number of aliphatic hydroxyl groups is 1. The van der Waals surface area contributed by atoms with Crippen LogP contribution in [-0.4, -0.2) is 78.4 Å². The van der Waals surface area contributed by atoms with Crippen LogP contribution in [0, 0.1) is 0 Å². The van der Waals surface area contributed by atoms with Gasteiger partial charge in [0, 0.05) is 12.3 Å². The predicted octanol–water partition coefficient (Wildman–Crippen LogP) is 2.14. The molecule has 0 fully saturated rings. The molecular weight excluding hydrogens is 568 g/mol. The Balaban J connectivity index is 1.54. The highest BCUT2D eigenvalue weighted by Gasteiger charge is 2.29. The van der Waals surface area contributed by atoms with Gasteiger partial charge in [-0.1, -0.05) is 48.5 Å². The molecule has 0 bridgehead atoms. The van der Waals surface area contributed by atoms with Crippen LogP contribution in [0.4, 0.5) is 4.79 Å². The van der Waals surface area contributed by atoms with Crippen molar-refractivity contribution in [1.29, 1.82) is 0 Å². The van der Waals surface area contributed by atoms with Crippen molar-refractivity contribution in [3.63, 3.8) is 0 Å². The van der Waals surface area contributed by atoms with Gasteiger partial charge in [0.1, 0.15) is 24.8 Å². The molecule has 0 spiro atoms. The van der Waals surface area contributed by atoms with Crippen LogP contribution in [-0.2, 0) is 28.7 Å². The number of amides is 4. The number of carbonyl (C=O) groups excluding carboxylic acids is 5. The molecule has 0 aromatic heterocycles. The lowest BCUT2D eigenvalue weighted by Crippen LogP contribution is -2.53.